The van der Waals surface area contributed by atoms with Crippen molar-refractivity contribution in [3.05, 3.63) is 70.5 Å². The van der Waals surface area contributed by atoms with E-state index >= 15 is 0 Å². The number of unbranched alkanes of at least 4 members (excludes halogenated alkanes) is 3. The van der Waals surface area contributed by atoms with Crippen LogP contribution in [0.5, 0.6) is 0 Å². The summed E-state index contributed by atoms with van der Waals surface area (Å²) in [6.45, 7) is 13.8. The second-order valence-electron chi connectivity index (χ2n) is 11.5. The molecule has 2 aromatic carbocycles. The minimum Gasteiger partial charge on any atom is -0.473 e. The van der Waals surface area contributed by atoms with Gasteiger partial charge in [0, 0.05) is 17.4 Å². The molecule has 0 saturated carbocycles. The van der Waals surface area contributed by atoms with Gasteiger partial charge >= 0.3 is 17.9 Å². The van der Waals surface area contributed by atoms with E-state index in [0.29, 0.717) is 34.5 Å². The molecule has 0 saturated heterocycles. The molecule has 2 N–H and O–H groups in total. The Kier molecular flexibility index (Phi) is 16.1. The molecule has 0 aliphatic rings. The summed E-state index contributed by atoms with van der Waals surface area (Å²) in [5, 5.41) is 15.5. The molecule has 0 bridgehead atoms. The average Bonchev–Trinajstić information content (AvgIpc) is 3.38. The first-order valence-corrected chi connectivity index (χ1v) is 16.1. The zero-order valence-electron chi connectivity index (χ0n) is 27.4. The molecule has 0 unspecified atom stereocenters. The van der Waals surface area contributed by atoms with Crippen LogP contribution in [0.4, 0.5) is 0 Å². The Hall–Kier alpha value is -3.98. The predicted octanol–water partition coefficient (Wildman–Crippen LogP) is 7.56. The predicted molar refractivity (Wildman–Crippen MR) is 175 cm³/mol. The molecule has 0 spiro atoms. The minimum atomic E-state index is -1.82. The lowest BCUT2D eigenvalue weighted by atomic mass is 9.96. The van der Waals surface area contributed by atoms with Crippen LogP contribution in [0.15, 0.2) is 46.9 Å². The third-order valence-electron chi connectivity index (χ3n) is 7.32. The Morgan fingerprint density at radius 3 is 1.84 bits per heavy atom. The molecule has 1 aromatic heterocycles. The Bertz CT molecular complexity index is 1370. The van der Waals surface area contributed by atoms with Crippen LogP contribution >= 0.6 is 0 Å². The molecule has 0 atom stereocenters. The Morgan fingerprint density at radius 2 is 1.31 bits per heavy atom. The normalized spacial score (nSPS) is 11.0. The molecule has 9 nitrogen and oxygen atoms in total. The summed E-state index contributed by atoms with van der Waals surface area (Å²) in [5.74, 6) is -3.38. The van der Waals surface area contributed by atoms with E-state index in [9.17, 15) is 9.59 Å². The second-order valence-corrected chi connectivity index (χ2v) is 11.5. The molecule has 246 valence electrons. The topological polar surface area (TPSA) is 134 Å². The third-order valence-corrected chi connectivity index (χ3v) is 7.32. The van der Waals surface area contributed by atoms with E-state index in [1.54, 1.807) is 12.1 Å². The average molecular weight is 624 g/mol. The summed E-state index contributed by atoms with van der Waals surface area (Å²) in [4.78, 5) is 46.9. The van der Waals surface area contributed by atoms with Crippen molar-refractivity contribution in [2.45, 2.75) is 98.5 Å². The van der Waals surface area contributed by atoms with Crippen molar-refractivity contribution in [1.82, 2.24) is 4.90 Å². The van der Waals surface area contributed by atoms with Gasteiger partial charge in [-0.2, -0.15) is 0 Å². The number of esters is 1. The Morgan fingerprint density at radius 1 is 0.756 bits per heavy atom. The van der Waals surface area contributed by atoms with Gasteiger partial charge in [0.15, 0.2) is 5.78 Å². The summed E-state index contributed by atoms with van der Waals surface area (Å²) in [6.07, 6.45) is 9.51. The van der Waals surface area contributed by atoms with Gasteiger partial charge in [-0.3, -0.25) is 4.79 Å². The first-order valence-electron chi connectivity index (χ1n) is 16.1. The molecule has 0 amide bonds. The molecule has 45 heavy (non-hydrogen) atoms. The molecule has 3 rings (SSSR count). The van der Waals surface area contributed by atoms with Crippen LogP contribution in [0.2, 0.25) is 0 Å². The van der Waals surface area contributed by atoms with Crippen molar-refractivity contribution < 1.29 is 38.5 Å². The smallest absolute Gasteiger partial charge is 0.414 e. The zero-order chi connectivity index (χ0) is 33.4. The highest BCUT2D eigenvalue weighted by Crippen LogP contribution is 2.31. The number of rotatable bonds is 17. The van der Waals surface area contributed by atoms with Gasteiger partial charge in [0.1, 0.15) is 11.3 Å². The number of carbonyl (C=O) groups is 4. The molecule has 3 aromatic rings. The van der Waals surface area contributed by atoms with E-state index in [2.05, 4.69) is 37.8 Å². The van der Waals surface area contributed by atoms with Gasteiger partial charge < -0.3 is 24.3 Å². The highest BCUT2D eigenvalue weighted by Gasteiger charge is 2.23. The van der Waals surface area contributed by atoms with Gasteiger partial charge in [0.2, 0.25) is 0 Å². The number of ether oxygens (including phenoxy) is 1. The van der Waals surface area contributed by atoms with Gasteiger partial charge in [-0.15, -0.1) is 0 Å². The molecule has 0 fully saturated rings. The molecular formula is C36H49NO8. The number of furan rings is 1. The van der Waals surface area contributed by atoms with E-state index < -0.39 is 11.9 Å². The SMILES string of the molecule is CCCCc1oc2cc(C(=O)OC(C)C)ccc2c1C(=O)c1ccc(CCCN(CCCC)CCCC)cc1.O=C(O)C(=O)O. The summed E-state index contributed by atoms with van der Waals surface area (Å²) in [5.41, 5.74) is 3.51. The summed E-state index contributed by atoms with van der Waals surface area (Å²) in [7, 11) is 0. The first-order chi connectivity index (χ1) is 21.5. The number of aryl methyl sites for hydroxylation is 2. The molecule has 0 radical (unpaired) electrons. The van der Waals surface area contributed by atoms with E-state index in [4.69, 9.17) is 29.0 Å². The lowest BCUT2D eigenvalue weighted by Gasteiger charge is -2.21. The maximum absolute atomic E-state index is 13.7. The summed E-state index contributed by atoms with van der Waals surface area (Å²) in [6, 6.07) is 13.3. The second kappa shape index (κ2) is 19.4. The van der Waals surface area contributed by atoms with Crippen LogP contribution in [-0.4, -0.2) is 64.5 Å². The Balaban J connectivity index is 0.00000107. The van der Waals surface area contributed by atoms with E-state index in [1.165, 1.54) is 44.3 Å². The van der Waals surface area contributed by atoms with E-state index in [-0.39, 0.29) is 17.9 Å². The number of hydrogen-bond donors (Lipinski definition) is 2. The van der Waals surface area contributed by atoms with Crippen molar-refractivity contribution in [3.8, 4) is 0 Å². The van der Waals surface area contributed by atoms with Gasteiger partial charge in [-0.05, 0) is 89.3 Å². The highest BCUT2D eigenvalue weighted by molar-refractivity contribution is 6.27. The fourth-order valence-corrected chi connectivity index (χ4v) is 4.89. The number of nitrogens with zero attached hydrogens (tertiary/aromatic N) is 1. The fourth-order valence-electron chi connectivity index (χ4n) is 4.89. The van der Waals surface area contributed by atoms with Crippen LogP contribution in [0.1, 0.15) is 117 Å². The van der Waals surface area contributed by atoms with Crippen LogP contribution in [-0.2, 0) is 27.2 Å². The van der Waals surface area contributed by atoms with Gasteiger partial charge in [-0.25, -0.2) is 14.4 Å². The number of aliphatic carboxylic acids is 2. The summed E-state index contributed by atoms with van der Waals surface area (Å²) >= 11 is 0. The van der Waals surface area contributed by atoms with Crippen molar-refractivity contribution >= 4 is 34.7 Å². The largest absolute Gasteiger partial charge is 0.473 e. The molecule has 0 aliphatic heterocycles. The van der Waals surface area contributed by atoms with Crippen molar-refractivity contribution in [2.75, 3.05) is 19.6 Å². The van der Waals surface area contributed by atoms with Crippen LogP contribution in [0, 0.1) is 0 Å². The van der Waals surface area contributed by atoms with Gasteiger partial charge in [0.05, 0.1) is 17.2 Å². The number of hydrogen-bond acceptors (Lipinski definition) is 7. The maximum atomic E-state index is 13.7. The van der Waals surface area contributed by atoms with Crippen LogP contribution < -0.4 is 0 Å². The molecular weight excluding hydrogens is 574 g/mol. The quantitative estimate of drug-likeness (QED) is 0.0887. The fraction of sp³-hybridized carbons (Fsp3) is 0.500. The molecule has 1 heterocycles. The van der Waals surface area contributed by atoms with E-state index in [1.807, 2.05) is 32.0 Å². The van der Waals surface area contributed by atoms with Crippen LogP contribution in [0.25, 0.3) is 11.0 Å². The lowest BCUT2D eigenvalue weighted by molar-refractivity contribution is -0.159. The monoisotopic (exact) mass is 623 g/mol. The summed E-state index contributed by atoms with van der Waals surface area (Å²) < 4.78 is 11.5. The van der Waals surface area contributed by atoms with E-state index in [0.717, 1.165) is 37.6 Å². The highest BCUT2D eigenvalue weighted by atomic mass is 16.5. The van der Waals surface area contributed by atoms with Crippen molar-refractivity contribution in [1.29, 1.82) is 0 Å². The Labute approximate surface area is 266 Å². The molecule has 0 aliphatic carbocycles. The number of carboxylic acid groups (broad SMARTS) is 2. The minimum absolute atomic E-state index is 0.0331. The van der Waals surface area contributed by atoms with Gasteiger partial charge in [0.25, 0.3) is 0 Å². The number of carbonyl (C=O) groups excluding carboxylic acids is 2. The first kappa shape index (κ1) is 37.2. The molecule has 9 heteroatoms. The lowest BCUT2D eigenvalue weighted by Crippen LogP contribution is -2.27. The zero-order valence-corrected chi connectivity index (χ0v) is 27.4. The maximum Gasteiger partial charge on any atom is 0.414 e. The van der Waals surface area contributed by atoms with Gasteiger partial charge in [-0.1, -0.05) is 64.3 Å². The van der Waals surface area contributed by atoms with Crippen LogP contribution in [0.3, 0.4) is 0 Å². The standard InChI is InChI=1S/C34H47NO4.C2H2O4/c1-6-9-14-30-32(29-20-19-28(24-31(29)39-30)34(37)38-25(4)5)33(36)27-17-15-26(16-18-27)13-12-23-35(21-10-7-2)22-11-8-3;3-1(4)2(5)6/h15-20,24-25H,6-14,21-23H2,1-5H3;(H,3,4)(H,5,6). The van der Waals surface area contributed by atoms with Crippen molar-refractivity contribution in [3.63, 3.8) is 0 Å². The third kappa shape index (κ3) is 12.1. The number of ketones is 1. The number of benzene rings is 2. The number of carboxylic acids is 2. The number of fused-ring (bicyclic) bond motifs is 1. The van der Waals surface area contributed by atoms with Crippen molar-refractivity contribution in [2.24, 2.45) is 0 Å².